The molecule has 0 aromatic heterocycles. The Balaban J connectivity index is 1.65. The molecule has 28 heavy (non-hydrogen) atoms. The Kier molecular flexibility index (Phi) is 5.04. The van der Waals surface area contributed by atoms with Crippen LogP contribution in [0.5, 0.6) is 0 Å². The van der Waals surface area contributed by atoms with Crippen molar-refractivity contribution in [3.63, 3.8) is 0 Å². The van der Waals surface area contributed by atoms with Gasteiger partial charge in [-0.15, -0.1) is 0 Å². The summed E-state index contributed by atoms with van der Waals surface area (Å²) in [6.45, 7) is 0. The summed E-state index contributed by atoms with van der Waals surface area (Å²) in [7, 11) is 0. The predicted molar refractivity (Wildman–Crippen MR) is 116 cm³/mol. The van der Waals surface area contributed by atoms with E-state index in [1.54, 1.807) is 0 Å². The molecular formula is C25H23N3. The summed E-state index contributed by atoms with van der Waals surface area (Å²) < 4.78 is 0. The Hall–Kier alpha value is -3.24. The maximum atomic E-state index is 6.68. The van der Waals surface area contributed by atoms with Crippen LogP contribution in [0, 0.1) is 0 Å². The van der Waals surface area contributed by atoms with Crippen LogP contribution in [0.1, 0.15) is 11.1 Å². The van der Waals surface area contributed by atoms with Gasteiger partial charge < -0.3 is 5.73 Å². The van der Waals surface area contributed by atoms with Gasteiger partial charge in [0.2, 0.25) is 0 Å². The third-order valence-corrected chi connectivity index (χ3v) is 5.12. The maximum absolute atomic E-state index is 6.68. The normalized spacial score (nSPS) is 11.4. The van der Waals surface area contributed by atoms with Crippen LogP contribution >= 0.6 is 0 Å². The molecule has 138 valence electrons. The van der Waals surface area contributed by atoms with Crippen molar-refractivity contribution in [3.05, 3.63) is 120 Å². The van der Waals surface area contributed by atoms with Gasteiger partial charge in [-0.1, -0.05) is 109 Å². The molecule has 5 N–H and O–H groups in total. The molecule has 4 aromatic carbocycles. The standard InChI is InChI=1S/C25H23N3/c26-25(28-27,23-15-11-21(12-16-23)19-7-3-1-4-8-19)24-17-13-22(14-18-24)20-9-5-2-6-10-20/h1-18,28H,26-27H2. The molecule has 0 atom stereocenters. The van der Waals surface area contributed by atoms with Gasteiger partial charge in [-0.2, -0.15) is 0 Å². The van der Waals surface area contributed by atoms with Gasteiger partial charge in [0.1, 0.15) is 5.66 Å². The second kappa shape index (κ2) is 7.79. The highest BCUT2D eigenvalue weighted by Gasteiger charge is 2.28. The maximum Gasteiger partial charge on any atom is 0.131 e. The Labute approximate surface area is 165 Å². The van der Waals surface area contributed by atoms with Gasteiger partial charge >= 0.3 is 0 Å². The summed E-state index contributed by atoms with van der Waals surface area (Å²) in [6.07, 6.45) is 0. The van der Waals surface area contributed by atoms with E-state index in [-0.39, 0.29) is 0 Å². The molecule has 0 aliphatic carbocycles. The molecule has 0 radical (unpaired) electrons. The largest absolute Gasteiger partial charge is 0.305 e. The molecule has 0 aliphatic rings. The van der Waals surface area contributed by atoms with E-state index in [0.717, 1.165) is 22.3 Å². The van der Waals surface area contributed by atoms with E-state index in [1.165, 1.54) is 11.1 Å². The van der Waals surface area contributed by atoms with E-state index in [4.69, 9.17) is 11.6 Å². The minimum absolute atomic E-state index is 0.905. The van der Waals surface area contributed by atoms with Gasteiger partial charge in [-0.3, -0.25) is 5.84 Å². The lowest BCUT2D eigenvalue weighted by atomic mass is 9.90. The average Bonchev–Trinajstić information content (AvgIpc) is 2.80. The lowest BCUT2D eigenvalue weighted by Crippen LogP contribution is -2.54. The lowest BCUT2D eigenvalue weighted by Gasteiger charge is -2.30. The van der Waals surface area contributed by atoms with Crippen molar-refractivity contribution in [2.24, 2.45) is 11.6 Å². The zero-order valence-corrected chi connectivity index (χ0v) is 15.5. The van der Waals surface area contributed by atoms with Crippen molar-refractivity contribution in [1.29, 1.82) is 0 Å². The number of hydrogen-bond acceptors (Lipinski definition) is 3. The predicted octanol–water partition coefficient (Wildman–Crippen LogP) is 4.64. The molecule has 0 heterocycles. The van der Waals surface area contributed by atoms with Crippen molar-refractivity contribution in [2.75, 3.05) is 0 Å². The summed E-state index contributed by atoms with van der Waals surface area (Å²) >= 11 is 0. The second-order valence-corrected chi connectivity index (χ2v) is 6.84. The zero-order chi connectivity index (χ0) is 19.4. The molecule has 3 nitrogen and oxygen atoms in total. The van der Waals surface area contributed by atoms with Crippen LogP contribution in [0.3, 0.4) is 0 Å². The molecule has 4 aromatic rings. The summed E-state index contributed by atoms with van der Waals surface area (Å²) in [6, 6.07) is 36.9. The third-order valence-electron chi connectivity index (χ3n) is 5.12. The number of benzene rings is 4. The number of rotatable bonds is 5. The molecular weight excluding hydrogens is 342 g/mol. The average molecular weight is 365 g/mol. The molecule has 0 saturated heterocycles. The fourth-order valence-electron chi connectivity index (χ4n) is 3.45. The van der Waals surface area contributed by atoms with Gasteiger partial charge in [-0.05, 0) is 33.4 Å². The van der Waals surface area contributed by atoms with Gasteiger partial charge in [0.05, 0.1) is 0 Å². The first-order chi connectivity index (χ1) is 13.7. The fourth-order valence-corrected chi connectivity index (χ4v) is 3.45. The third kappa shape index (κ3) is 3.47. The minimum Gasteiger partial charge on any atom is -0.305 e. The van der Waals surface area contributed by atoms with Crippen LogP contribution in [-0.4, -0.2) is 0 Å². The van der Waals surface area contributed by atoms with Crippen molar-refractivity contribution < 1.29 is 0 Å². The Morgan fingerprint density at radius 1 is 0.464 bits per heavy atom. The molecule has 3 heteroatoms. The summed E-state index contributed by atoms with van der Waals surface area (Å²) in [5.41, 5.74) is 15.0. The molecule has 0 saturated carbocycles. The lowest BCUT2D eigenvalue weighted by molar-refractivity contribution is 0.427. The highest BCUT2D eigenvalue weighted by Crippen LogP contribution is 2.28. The zero-order valence-electron chi connectivity index (χ0n) is 15.5. The first-order valence-corrected chi connectivity index (χ1v) is 9.29. The van der Waals surface area contributed by atoms with E-state index in [0.29, 0.717) is 0 Å². The van der Waals surface area contributed by atoms with Crippen LogP contribution in [0.15, 0.2) is 109 Å². The van der Waals surface area contributed by atoms with Crippen molar-refractivity contribution >= 4 is 0 Å². The summed E-state index contributed by atoms with van der Waals surface area (Å²) in [5, 5.41) is 0. The first-order valence-electron chi connectivity index (χ1n) is 9.29. The number of hydrogen-bond donors (Lipinski definition) is 3. The Bertz CT molecular complexity index is 942. The van der Waals surface area contributed by atoms with E-state index < -0.39 is 5.66 Å². The van der Waals surface area contributed by atoms with Crippen LogP contribution in [0.4, 0.5) is 0 Å². The Morgan fingerprint density at radius 3 is 1.11 bits per heavy atom. The van der Waals surface area contributed by atoms with E-state index in [2.05, 4.69) is 54.0 Å². The van der Waals surface area contributed by atoms with E-state index in [9.17, 15) is 0 Å². The molecule has 0 aliphatic heterocycles. The van der Waals surface area contributed by atoms with Crippen molar-refractivity contribution in [3.8, 4) is 22.3 Å². The highest BCUT2D eigenvalue weighted by atomic mass is 15.3. The number of hydrazine groups is 1. The Morgan fingerprint density at radius 2 is 0.786 bits per heavy atom. The first kappa shape index (κ1) is 18.1. The molecule has 0 amide bonds. The smallest absolute Gasteiger partial charge is 0.131 e. The highest BCUT2D eigenvalue weighted by molar-refractivity contribution is 5.65. The quantitative estimate of drug-likeness (QED) is 0.274. The summed E-state index contributed by atoms with van der Waals surface area (Å²) in [4.78, 5) is 0. The van der Waals surface area contributed by atoms with Gasteiger partial charge in [0.25, 0.3) is 0 Å². The molecule has 0 fully saturated rings. The number of nitrogens with one attached hydrogen (secondary N) is 1. The number of nitrogens with two attached hydrogens (primary N) is 2. The van der Waals surface area contributed by atoms with Gasteiger partial charge in [0, 0.05) is 0 Å². The topological polar surface area (TPSA) is 64.1 Å². The van der Waals surface area contributed by atoms with Crippen molar-refractivity contribution in [1.82, 2.24) is 5.43 Å². The van der Waals surface area contributed by atoms with Crippen LogP contribution in [-0.2, 0) is 5.66 Å². The van der Waals surface area contributed by atoms with Gasteiger partial charge in [-0.25, -0.2) is 5.43 Å². The molecule has 0 bridgehead atoms. The molecule has 0 unspecified atom stereocenters. The molecule has 0 spiro atoms. The van der Waals surface area contributed by atoms with E-state index in [1.807, 2.05) is 60.7 Å². The summed E-state index contributed by atoms with van der Waals surface area (Å²) in [5.74, 6) is 5.89. The fraction of sp³-hybridized carbons (Fsp3) is 0.0400. The SMILES string of the molecule is NNC(N)(c1ccc(-c2ccccc2)cc1)c1ccc(-c2ccccc2)cc1. The monoisotopic (exact) mass is 365 g/mol. The van der Waals surface area contributed by atoms with Crippen LogP contribution in [0.25, 0.3) is 22.3 Å². The van der Waals surface area contributed by atoms with E-state index >= 15 is 0 Å². The van der Waals surface area contributed by atoms with Crippen LogP contribution < -0.4 is 17.0 Å². The molecule has 4 rings (SSSR count). The second-order valence-electron chi connectivity index (χ2n) is 6.84. The van der Waals surface area contributed by atoms with Crippen LogP contribution in [0.2, 0.25) is 0 Å². The van der Waals surface area contributed by atoms with Gasteiger partial charge in [0.15, 0.2) is 0 Å². The van der Waals surface area contributed by atoms with Crippen molar-refractivity contribution in [2.45, 2.75) is 5.66 Å². The minimum atomic E-state index is -0.968.